The maximum absolute atomic E-state index is 12.1. The summed E-state index contributed by atoms with van der Waals surface area (Å²) in [7, 11) is 3.78. The molecule has 0 aliphatic heterocycles. The smallest absolute Gasteiger partial charge is 0.313 e. The number of nitrogens with one attached hydrogen (secondary N) is 2. The van der Waals surface area contributed by atoms with Gasteiger partial charge in [0.25, 0.3) is 5.69 Å². The molecular formula is C17H20N4O4S. The number of amides is 2. The van der Waals surface area contributed by atoms with Crippen molar-refractivity contribution >= 4 is 34.5 Å². The summed E-state index contributed by atoms with van der Waals surface area (Å²) >= 11 is 1.56. The van der Waals surface area contributed by atoms with Crippen LogP contribution in [0.3, 0.4) is 0 Å². The highest BCUT2D eigenvalue weighted by atomic mass is 32.1. The fourth-order valence-electron chi connectivity index (χ4n) is 2.37. The lowest BCUT2D eigenvalue weighted by Gasteiger charge is -2.23. The van der Waals surface area contributed by atoms with Crippen molar-refractivity contribution in [3.05, 3.63) is 56.3 Å². The van der Waals surface area contributed by atoms with Crippen LogP contribution in [-0.4, -0.2) is 42.3 Å². The Morgan fingerprint density at radius 3 is 2.58 bits per heavy atom. The van der Waals surface area contributed by atoms with Crippen LogP contribution in [0.1, 0.15) is 17.2 Å². The molecule has 1 atom stereocenters. The zero-order valence-corrected chi connectivity index (χ0v) is 15.5. The Kier molecular flexibility index (Phi) is 6.42. The Morgan fingerprint density at radius 1 is 1.27 bits per heavy atom. The molecule has 1 unspecified atom stereocenters. The summed E-state index contributed by atoms with van der Waals surface area (Å²) in [5, 5.41) is 19.8. The summed E-state index contributed by atoms with van der Waals surface area (Å²) in [5.74, 6) is -1.66. The Labute approximate surface area is 155 Å². The average molecular weight is 376 g/mol. The molecule has 26 heavy (non-hydrogen) atoms. The summed E-state index contributed by atoms with van der Waals surface area (Å²) in [6.07, 6.45) is 0. The third-order valence-corrected chi connectivity index (χ3v) is 4.60. The first-order chi connectivity index (χ1) is 12.3. The Balaban J connectivity index is 2.00. The molecule has 138 valence electrons. The minimum absolute atomic E-state index is 0.0578. The first-order valence-electron chi connectivity index (χ1n) is 7.82. The van der Waals surface area contributed by atoms with Crippen molar-refractivity contribution in [1.29, 1.82) is 0 Å². The number of non-ortho nitro benzene ring substituents is 1. The summed E-state index contributed by atoms with van der Waals surface area (Å²) in [5.41, 5.74) is 1.76. The summed E-state index contributed by atoms with van der Waals surface area (Å²) in [6, 6.07) is 6.00. The molecule has 2 aromatic rings. The van der Waals surface area contributed by atoms with Gasteiger partial charge in [-0.15, -0.1) is 0 Å². The second kappa shape index (κ2) is 8.54. The number of anilines is 1. The molecule has 0 fully saturated rings. The number of likely N-dealkylation sites (N-methyl/N-ethyl adjacent to an activating group) is 1. The van der Waals surface area contributed by atoms with Crippen LogP contribution >= 0.6 is 11.3 Å². The second-order valence-corrected chi connectivity index (χ2v) is 6.74. The highest BCUT2D eigenvalue weighted by Crippen LogP contribution is 2.22. The third-order valence-electron chi connectivity index (χ3n) is 3.89. The van der Waals surface area contributed by atoms with Crippen molar-refractivity contribution in [3.63, 3.8) is 0 Å². The van der Waals surface area contributed by atoms with Gasteiger partial charge in [-0.2, -0.15) is 11.3 Å². The van der Waals surface area contributed by atoms with Gasteiger partial charge in [-0.3, -0.25) is 19.7 Å². The molecule has 0 aliphatic rings. The molecule has 0 radical (unpaired) electrons. The molecule has 8 nitrogen and oxygen atoms in total. The third kappa shape index (κ3) is 4.87. The Bertz CT molecular complexity index is 805. The van der Waals surface area contributed by atoms with E-state index in [9.17, 15) is 19.7 Å². The number of carbonyl (C=O) groups excluding carboxylic acids is 2. The van der Waals surface area contributed by atoms with Crippen molar-refractivity contribution in [2.75, 3.05) is 26.0 Å². The maximum atomic E-state index is 12.1. The number of nitro benzene ring substituents is 1. The van der Waals surface area contributed by atoms with Crippen LogP contribution in [0.2, 0.25) is 0 Å². The summed E-state index contributed by atoms with van der Waals surface area (Å²) < 4.78 is 0. The van der Waals surface area contributed by atoms with Gasteiger partial charge < -0.3 is 15.5 Å². The van der Waals surface area contributed by atoms with Gasteiger partial charge in [-0.05, 0) is 49.0 Å². The molecule has 0 bridgehead atoms. The first-order valence-corrected chi connectivity index (χ1v) is 8.76. The molecule has 0 saturated carbocycles. The van der Waals surface area contributed by atoms with Crippen LogP contribution < -0.4 is 10.6 Å². The van der Waals surface area contributed by atoms with Gasteiger partial charge in [0, 0.05) is 18.7 Å². The van der Waals surface area contributed by atoms with Crippen LogP contribution in [-0.2, 0) is 9.59 Å². The molecule has 2 rings (SSSR count). The van der Waals surface area contributed by atoms with Crippen LogP contribution in [0, 0.1) is 17.0 Å². The van der Waals surface area contributed by atoms with Gasteiger partial charge in [0.15, 0.2) is 0 Å². The highest BCUT2D eigenvalue weighted by molar-refractivity contribution is 7.08. The first kappa shape index (κ1) is 19.5. The molecule has 2 N–H and O–H groups in total. The van der Waals surface area contributed by atoms with E-state index in [0.29, 0.717) is 5.56 Å². The zero-order valence-electron chi connectivity index (χ0n) is 14.7. The van der Waals surface area contributed by atoms with E-state index in [1.807, 2.05) is 35.8 Å². The lowest BCUT2D eigenvalue weighted by atomic mass is 10.1. The van der Waals surface area contributed by atoms with E-state index < -0.39 is 16.7 Å². The van der Waals surface area contributed by atoms with E-state index in [2.05, 4.69) is 10.6 Å². The zero-order chi connectivity index (χ0) is 19.3. The minimum Gasteiger partial charge on any atom is -0.346 e. The van der Waals surface area contributed by atoms with E-state index >= 15 is 0 Å². The normalized spacial score (nSPS) is 11.8. The van der Waals surface area contributed by atoms with Gasteiger partial charge in [-0.25, -0.2) is 0 Å². The van der Waals surface area contributed by atoms with Gasteiger partial charge in [0.1, 0.15) is 0 Å². The summed E-state index contributed by atoms with van der Waals surface area (Å²) in [6.45, 7) is 1.96. The number of nitro groups is 1. The SMILES string of the molecule is Cc1ccc([N+](=O)[O-])cc1NC(=O)C(=O)NCC(c1ccsc1)N(C)C. The largest absolute Gasteiger partial charge is 0.346 e. The number of rotatable bonds is 6. The van der Waals surface area contributed by atoms with Gasteiger partial charge in [0.2, 0.25) is 0 Å². The molecule has 0 aliphatic carbocycles. The van der Waals surface area contributed by atoms with E-state index in [-0.39, 0.29) is 24.0 Å². The van der Waals surface area contributed by atoms with Crippen LogP contribution in [0.5, 0.6) is 0 Å². The predicted octanol–water partition coefficient (Wildman–Crippen LogP) is 2.32. The standard InChI is InChI=1S/C17H20N4O4S/c1-11-4-5-13(21(24)25)8-14(11)19-17(23)16(22)18-9-15(20(2)3)12-6-7-26-10-12/h4-8,10,15H,9H2,1-3H3,(H,18,22)(H,19,23). The van der Waals surface area contributed by atoms with E-state index in [1.165, 1.54) is 18.2 Å². The summed E-state index contributed by atoms with van der Waals surface area (Å²) in [4.78, 5) is 36.5. The monoisotopic (exact) mass is 376 g/mol. The Hall–Kier alpha value is -2.78. The molecule has 0 saturated heterocycles. The topological polar surface area (TPSA) is 105 Å². The maximum Gasteiger partial charge on any atom is 0.313 e. The van der Waals surface area contributed by atoms with Crippen molar-refractivity contribution in [3.8, 4) is 0 Å². The highest BCUT2D eigenvalue weighted by Gasteiger charge is 2.20. The average Bonchev–Trinajstić information content (AvgIpc) is 3.10. The quantitative estimate of drug-likeness (QED) is 0.457. The van der Waals surface area contributed by atoms with E-state index in [0.717, 1.165) is 5.56 Å². The van der Waals surface area contributed by atoms with Crippen LogP contribution in [0.4, 0.5) is 11.4 Å². The molecule has 0 spiro atoms. The van der Waals surface area contributed by atoms with Crippen molar-refractivity contribution in [2.45, 2.75) is 13.0 Å². The molecule has 2 amide bonds. The molecular weight excluding hydrogens is 356 g/mol. The van der Waals surface area contributed by atoms with Gasteiger partial charge >= 0.3 is 11.8 Å². The van der Waals surface area contributed by atoms with Crippen molar-refractivity contribution < 1.29 is 14.5 Å². The second-order valence-electron chi connectivity index (χ2n) is 5.96. The Morgan fingerprint density at radius 2 is 2.00 bits per heavy atom. The van der Waals surface area contributed by atoms with E-state index in [1.54, 1.807) is 18.3 Å². The van der Waals surface area contributed by atoms with Crippen molar-refractivity contribution in [1.82, 2.24) is 10.2 Å². The van der Waals surface area contributed by atoms with Crippen molar-refractivity contribution in [2.24, 2.45) is 0 Å². The molecule has 9 heteroatoms. The number of aryl methyl sites for hydroxylation is 1. The lowest BCUT2D eigenvalue weighted by Crippen LogP contribution is -2.40. The number of carbonyl (C=O) groups is 2. The number of nitrogens with zero attached hydrogens (tertiary/aromatic N) is 2. The fraction of sp³-hybridized carbons (Fsp3) is 0.294. The predicted molar refractivity (Wildman–Crippen MR) is 100 cm³/mol. The number of benzene rings is 1. The molecule has 1 aromatic heterocycles. The number of hydrogen-bond donors (Lipinski definition) is 2. The van der Waals surface area contributed by atoms with Crippen LogP contribution in [0.15, 0.2) is 35.0 Å². The minimum atomic E-state index is -0.864. The van der Waals surface area contributed by atoms with Crippen LogP contribution in [0.25, 0.3) is 0 Å². The van der Waals surface area contributed by atoms with Gasteiger partial charge in [0.05, 0.1) is 16.7 Å². The molecule has 1 heterocycles. The van der Waals surface area contributed by atoms with E-state index in [4.69, 9.17) is 0 Å². The van der Waals surface area contributed by atoms with Gasteiger partial charge in [-0.1, -0.05) is 6.07 Å². The number of hydrogen-bond acceptors (Lipinski definition) is 6. The lowest BCUT2D eigenvalue weighted by molar-refractivity contribution is -0.384. The fourth-order valence-corrected chi connectivity index (χ4v) is 3.08. The molecule has 1 aromatic carbocycles. The number of thiophene rings is 1.